The fourth-order valence-corrected chi connectivity index (χ4v) is 4.28. The molecule has 4 rings (SSSR count). The lowest BCUT2D eigenvalue weighted by atomic mass is 9.94. The van der Waals surface area contributed by atoms with Crippen LogP contribution in [-0.2, 0) is 16.0 Å². The minimum Gasteiger partial charge on any atom is -0.507 e. The van der Waals surface area contributed by atoms with Crippen molar-refractivity contribution in [2.45, 2.75) is 52.2 Å². The minimum atomic E-state index is -0.650. The van der Waals surface area contributed by atoms with Crippen LogP contribution < -0.4 is 9.47 Å². The van der Waals surface area contributed by atoms with E-state index >= 15 is 0 Å². The summed E-state index contributed by atoms with van der Waals surface area (Å²) < 4.78 is 11.3. The molecule has 0 aromatic heterocycles. The first-order valence-corrected chi connectivity index (χ1v) is 11.2. The summed E-state index contributed by atoms with van der Waals surface area (Å²) >= 11 is 0. The van der Waals surface area contributed by atoms with Crippen molar-refractivity contribution in [1.82, 2.24) is 4.90 Å². The largest absolute Gasteiger partial charge is 0.507 e. The van der Waals surface area contributed by atoms with Gasteiger partial charge in [0.15, 0.2) is 0 Å². The summed E-state index contributed by atoms with van der Waals surface area (Å²) in [5, 5.41) is 11.2. The van der Waals surface area contributed by atoms with Gasteiger partial charge in [-0.1, -0.05) is 25.5 Å². The van der Waals surface area contributed by atoms with Gasteiger partial charge in [0.05, 0.1) is 24.3 Å². The smallest absolute Gasteiger partial charge is 0.295 e. The van der Waals surface area contributed by atoms with Crippen LogP contribution in [0.1, 0.15) is 56.3 Å². The quantitative estimate of drug-likeness (QED) is 0.390. The number of ketones is 1. The second kappa shape index (κ2) is 9.07. The van der Waals surface area contributed by atoms with Gasteiger partial charge in [-0.3, -0.25) is 9.59 Å². The first-order chi connectivity index (χ1) is 15.4. The Morgan fingerprint density at radius 2 is 1.94 bits per heavy atom. The lowest BCUT2D eigenvalue weighted by Gasteiger charge is -2.25. The zero-order valence-electron chi connectivity index (χ0n) is 18.8. The van der Waals surface area contributed by atoms with Crippen LogP contribution in [0.4, 0.5) is 0 Å². The maximum Gasteiger partial charge on any atom is 0.295 e. The van der Waals surface area contributed by atoms with Crippen LogP contribution in [0.2, 0.25) is 0 Å². The molecule has 0 saturated carbocycles. The van der Waals surface area contributed by atoms with Crippen molar-refractivity contribution in [3.63, 3.8) is 0 Å². The van der Waals surface area contributed by atoms with Gasteiger partial charge < -0.3 is 19.5 Å². The normalized spacial score (nSPS) is 19.4. The fourth-order valence-electron chi connectivity index (χ4n) is 4.28. The Bertz CT molecular complexity index is 1050. The number of unbranched alkanes of at least 4 members (excludes halogenated alkanes) is 1. The molecule has 32 heavy (non-hydrogen) atoms. The Kier molecular flexibility index (Phi) is 6.21. The first-order valence-electron chi connectivity index (χ1n) is 11.2. The van der Waals surface area contributed by atoms with Crippen molar-refractivity contribution in [2.24, 2.45) is 0 Å². The van der Waals surface area contributed by atoms with E-state index in [0.29, 0.717) is 24.5 Å². The number of nitrogens with zero attached hydrogens (tertiary/aromatic N) is 1. The Morgan fingerprint density at radius 3 is 2.62 bits per heavy atom. The van der Waals surface area contributed by atoms with Crippen LogP contribution in [-0.4, -0.2) is 41.0 Å². The highest BCUT2D eigenvalue weighted by Gasteiger charge is 2.45. The van der Waals surface area contributed by atoms with Crippen molar-refractivity contribution in [3.8, 4) is 11.5 Å². The van der Waals surface area contributed by atoms with E-state index in [1.807, 2.05) is 51.1 Å². The van der Waals surface area contributed by atoms with Gasteiger partial charge in [-0.05, 0) is 61.7 Å². The van der Waals surface area contributed by atoms with E-state index in [2.05, 4.69) is 0 Å². The van der Waals surface area contributed by atoms with Crippen molar-refractivity contribution in [3.05, 3.63) is 64.7 Å². The number of Topliss-reactive ketones (excluding diaryl/α,β-unsaturated/α-hetero) is 1. The Hall–Kier alpha value is -3.28. The molecule has 2 aromatic rings. The lowest BCUT2D eigenvalue weighted by Crippen LogP contribution is -2.30. The molecule has 0 radical (unpaired) electrons. The van der Waals surface area contributed by atoms with Gasteiger partial charge in [0, 0.05) is 18.5 Å². The molecule has 0 aliphatic carbocycles. The zero-order valence-corrected chi connectivity index (χ0v) is 18.8. The van der Waals surface area contributed by atoms with Gasteiger partial charge in [-0.25, -0.2) is 0 Å². The summed E-state index contributed by atoms with van der Waals surface area (Å²) in [5.41, 5.74) is 2.40. The van der Waals surface area contributed by atoms with Crippen LogP contribution in [0.5, 0.6) is 11.5 Å². The number of hydrogen-bond donors (Lipinski definition) is 1. The molecule has 2 heterocycles. The average Bonchev–Trinajstić information content (AvgIpc) is 3.34. The number of fused-ring (bicyclic) bond motifs is 1. The maximum atomic E-state index is 13.1. The molecule has 1 N–H and O–H groups in total. The number of carbonyl (C=O) groups excluding carboxylic acids is 2. The molecule has 1 amide bonds. The molecule has 1 atom stereocenters. The third-order valence-electron chi connectivity index (χ3n) is 5.82. The summed E-state index contributed by atoms with van der Waals surface area (Å²) in [6, 6.07) is 12.1. The van der Waals surface area contributed by atoms with Gasteiger partial charge in [0.2, 0.25) is 0 Å². The first kappa shape index (κ1) is 21.9. The van der Waals surface area contributed by atoms with Crippen LogP contribution in [0.25, 0.3) is 5.76 Å². The van der Waals surface area contributed by atoms with Gasteiger partial charge >= 0.3 is 0 Å². The molecule has 1 unspecified atom stereocenters. The average molecular weight is 436 g/mol. The molecule has 1 fully saturated rings. The van der Waals surface area contributed by atoms with Gasteiger partial charge in [-0.2, -0.15) is 0 Å². The lowest BCUT2D eigenvalue weighted by molar-refractivity contribution is -0.139. The Balaban J connectivity index is 1.78. The molecule has 0 spiro atoms. The molecular weight excluding hydrogens is 406 g/mol. The second-order valence-corrected chi connectivity index (χ2v) is 8.50. The van der Waals surface area contributed by atoms with Gasteiger partial charge in [0.25, 0.3) is 11.7 Å². The molecule has 168 valence electrons. The predicted octanol–water partition coefficient (Wildman–Crippen LogP) is 4.63. The number of ether oxygens (including phenoxy) is 2. The summed E-state index contributed by atoms with van der Waals surface area (Å²) in [6.07, 6.45) is 2.46. The summed E-state index contributed by atoms with van der Waals surface area (Å²) in [6.45, 7) is 7.00. The molecule has 6 heteroatoms. The van der Waals surface area contributed by atoms with E-state index in [1.165, 1.54) is 0 Å². The number of carbonyl (C=O) groups is 2. The zero-order chi connectivity index (χ0) is 22.8. The number of amides is 1. The fraction of sp³-hybridized carbons (Fsp3) is 0.385. The third kappa shape index (κ3) is 4.09. The van der Waals surface area contributed by atoms with Crippen LogP contribution in [0.15, 0.2) is 48.0 Å². The van der Waals surface area contributed by atoms with Crippen molar-refractivity contribution in [2.75, 3.05) is 13.2 Å². The molecule has 0 bridgehead atoms. The van der Waals surface area contributed by atoms with E-state index in [9.17, 15) is 14.7 Å². The minimum absolute atomic E-state index is 0.0415. The van der Waals surface area contributed by atoms with E-state index < -0.39 is 17.7 Å². The highest BCUT2D eigenvalue weighted by molar-refractivity contribution is 6.46. The van der Waals surface area contributed by atoms with Crippen molar-refractivity contribution < 1.29 is 24.2 Å². The van der Waals surface area contributed by atoms with Crippen LogP contribution in [0.3, 0.4) is 0 Å². The number of hydrogen-bond acceptors (Lipinski definition) is 5. The predicted molar refractivity (Wildman–Crippen MR) is 122 cm³/mol. The van der Waals surface area contributed by atoms with E-state index in [0.717, 1.165) is 36.1 Å². The Morgan fingerprint density at radius 1 is 1.19 bits per heavy atom. The molecule has 2 aliphatic rings. The standard InChI is InChI=1S/C26H29NO5/c1-4-5-13-27-23(17-6-9-20(10-7-17)32-16(2)3)22(25(29)26(27)30)24(28)19-8-11-21-18(15-19)12-14-31-21/h6-11,15-16,23,28H,4-5,12-14H2,1-3H3/b24-22-. The van der Waals surface area contributed by atoms with Crippen molar-refractivity contribution >= 4 is 17.4 Å². The summed E-state index contributed by atoms with van der Waals surface area (Å²) in [5.74, 6) is 0.138. The Labute approximate surface area is 188 Å². The second-order valence-electron chi connectivity index (χ2n) is 8.50. The SMILES string of the molecule is CCCCN1C(=O)C(=O)/C(=C(\O)c2ccc3c(c2)CCO3)C1c1ccc(OC(C)C)cc1. The highest BCUT2D eigenvalue weighted by Crippen LogP contribution is 2.40. The van der Waals surface area contributed by atoms with Crippen LogP contribution in [0, 0.1) is 0 Å². The topological polar surface area (TPSA) is 76.1 Å². The van der Waals surface area contributed by atoms with Crippen molar-refractivity contribution in [1.29, 1.82) is 0 Å². The molecule has 2 aromatic carbocycles. The summed E-state index contributed by atoms with van der Waals surface area (Å²) in [4.78, 5) is 27.6. The van der Waals surface area contributed by atoms with Crippen LogP contribution >= 0.6 is 0 Å². The maximum absolute atomic E-state index is 13.1. The number of aliphatic hydroxyl groups excluding tert-OH is 1. The number of rotatable bonds is 7. The van der Waals surface area contributed by atoms with E-state index in [1.54, 1.807) is 17.0 Å². The molecular formula is C26H29NO5. The molecule has 2 aliphatic heterocycles. The summed E-state index contributed by atoms with van der Waals surface area (Å²) in [7, 11) is 0. The van der Waals surface area contributed by atoms with Gasteiger partial charge in [-0.15, -0.1) is 0 Å². The number of aliphatic hydroxyl groups is 1. The number of benzene rings is 2. The van der Waals surface area contributed by atoms with E-state index in [4.69, 9.17) is 9.47 Å². The molecule has 1 saturated heterocycles. The highest BCUT2D eigenvalue weighted by atomic mass is 16.5. The van der Waals surface area contributed by atoms with Gasteiger partial charge in [0.1, 0.15) is 17.3 Å². The molecule has 6 nitrogen and oxygen atoms in total. The van der Waals surface area contributed by atoms with E-state index in [-0.39, 0.29) is 17.4 Å². The monoisotopic (exact) mass is 435 g/mol. The third-order valence-corrected chi connectivity index (χ3v) is 5.82. The number of likely N-dealkylation sites (tertiary alicyclic amines) is 1.